The van der Waals surface area contributed by atoms with Crippen LogP contribution >= 0.6 is 11.6 Å². The summed E-state index contributed by atoms with van der Waals surface area (Å²) >= 11 is 6.55. The van der Waals surface area contributed by atoms with E-state index in [1.54, 1.807) is 31.2 Å². The minimum Gasteiger partial charge on any atom is -0.406 e. The molecule has 2 aromatic carbocycles. The zero-order valence-corrected chi connectivity index (χ0v) is 16.9. The number of aryl methyl sites for hydroxylation is 1. The van der Waals surface area contributed by atoms with Gasteiger partial charge in [-0.1, -0.05) is 11.6 Å². The number of aldehydes is 1. The van der Waals surface area contributed by atoms with E-state index < -0.39 is 6.36 Å². The van der Waals surface area contributed by atoms with E-state index in [4.69, 9.17) is 11.6 Å². The highest BCUT2D eigenvalue weighted by Crippen LogP contribution is 2.36. The Bertz CT molecular complexity index is 1170. The third-order valence-electron chi connectivity index (χ3n) is 4.91. The van der Waals surface area contributed by atoms with Crippen LogP contribution in [-0.2, 0) is 6.42 Å². The highest BCUT2D eigenvalue weighted by Gasteiger charge is 2.34. The summed E-state index contributed by atoms with van der Waals surface area (Å²) in [7, 11) is 0. The van der Waals surface area contributed by atoms with Crippen molar-refractivity contribution >= 4 is 29.5 Å². The molecule has 0 saturated heterocycles. The van der Waals surface area contributed by atoms with E-state index in [0.717, 1.165) is 12.4 Å². The summed E-state index contributed by atoms with van der Waals surface area (Å²) in [6, 6.07) is 10.3. The van der Waals surface area contributed by atoms with Gasteiger partial charge in [0.05, 0.1) is 11.4 Å². The van der Waals surface area contributed by atoms with E-state index in [1.165, 1.54) is 21.7 Å². The molecule has 0 aliphatic carbocycles. The van der Waals surface area contributed by atoms with Crippen LogP contribution in [0.15, 0.2) is 42.5 Å². The molecule has 0 bridgehead atoms. The van der Waals surface area contributed by atoms with Crippen LogP contribution in [0.1, 0.15) is 32.0 Å². The Balaban J connectivity index is 1.66. The average Bonchev–Trinajstić information content (AvgIpc) is 3.01. The molecule has 0 saturated carbocycles. The molecular weight excluding hydrogens is 435 g/mol. The molecule has 160 valence electrons. The maximum atomic E-state index is 13.1. The molecule has 0 N–H and O–H groups in total. The monoisotopic (exact) mass is 449 g/mol. The maximum Gasteiger partial charge on any atom is 0.573 e. The predicted molar refractivity (Wildman–Crippen MR) is 107 cm³/mol. The van der Waals surface area contributed by atoms with Gasteiger partial charge < -0.3 is 9.64 Å². The lowest BCUT2D eigenvalue weighted by Gasteiger charge is -2.28. The molecule has 10 heteroatoms. The van der Waals surface area contributed by atoms with Gasteiger partial charge in [-0.3, -0.25) is 9.59 Å². The predicted octanol–water partition coefficient (Wildman–Crippen LogP) is 4.75. The number of amides is 1. The van der Waals surface area contributed by atoms with Gasteiger partial charge in [0.15, 0.2) is 5.15 Å². The van der Waals surface area contributed by atoms with Crippen LogP contribution in [0.25, 0.3) is 5.69 Å². The number of anilines is 1. The summed E-state index contributed by atoms with van der Waals surface area (Å²) in [4.78, 5) is 25.4. The van der Waals surface area contributed by atoms with Gasteiger partial charge in [0.1, 0.15) is 17.7 Å². The SMILES string of the molecule is Cc1nn(-c2ccc(C=O)cc2)c(Cl)c1N1CCc2cc(OC(F)(F)F)ccc2C1=O. The van der Waals surface area contributed by atoms with Crippen molar-refractivity contribution in [1.82, 2.24) is 9.78 Å². The number of fused-ring (bicyclic) bond motifs is 1. The Morgan fingerprint density at radius 1 is 1.16 bits per heavy atom. The molecule has 1 aliphatic heterocycles. The Labute approximate surface area is 179 Å². The number of aromatic nitrogens is 2. The largest absolute Gasteiger partial charge is 0.573 e. The summed E-state index contributed by atoms with van der Waals surface area (Å²) in [5, 5.41) is 4.63. The molecule has 0 atom stereocenters. The molecule has 0 unspecified atom stereocenters. The Hall–Kier alpha value is -3.33. The lowest BCUT2D eigenvalue weighted by atomic mass is 9.98. The van der Waals surface area contributed by atoms with Crippen molar-refractivity contribution in [2.45, 2.75) is 19.7 Å². The number of carbonyl (C=O) groups excluding carboxylic acids is 2. The first-order chi connectivity index (χ1) is 14.7. The van der Waals surface area contributed by atoms with Gasteiger partial charge in [0, 0.05) is 17.7 Å². The van der Waals surface area contributed by atoms with Crippen molar-refractivity contribution in [3.63, 3.8) is 0 Å². The molecule has 0 fully saturated rings. The third-order valence-corrected chi connectivity index (χ3v) is 5.25. The number of nitrogens with zero attached hydrogens (tertiary/aromatic N) is 3. The minimum atomic E-state index is -4.80. The van der Waals surface area contributed by atoms with Gasteiger partial charge in [-0.05, 0) is 61.4 Å². The molecule has 0 spiro atoms. The minimum absolute atomic E-state index is 0.213. The zero-order valence-electron chi connectivity index (χ0n) is 16.1. The van der Waals surface area contributed by atoms with Crippen molar-refractivity contribution in [1.29, 1.82) is 0 Å². The number of hydrogen-bond donors (Lipinski definition) is 0. The van der Waals surface area contributed by atoms with Gasteiger partial charge in [0.25, 0.3) is 5.91 Å². The van der Waals surface area contributed by atoms with Crippen LogP contribution in [0, 0.1) is 6.92 Å². The molecule has 4 rings (SSSR count). The summed E-state index contributed by atoms with van der Waals surface area (Å²) in [6.45, 7) is 1.93. The Morgan fingerprint density at radius 3 is 2.52 bits per heavy atom. The molecule has 1 aromatic heterocycles. The van der Waals surface area contributed by atoms with E-state index in [1.807, 2.05) is 0 Å². The summed E-state index contributed by atoms with van der Waals surface area (Å²) < 4.78 is 42.8. The molecule has 2 heterocycles. The van der Waals surface area contributed by atoms with E-state index in [0.29, 0.717) is 34.6 Å². The second-order valence-electron chi connectivity index (χ2n) is 6.92. The van der Waals surface area contributed by atoms with Gasteiger partial charge in [-0.15, -0.1) is 13.2 Å². The van der Waals surface area contributed by atoms with Crippen LogP contribution in [-0.4, -0.2) is 34.9 Å². The number of benzene rings is 2. The lowest BCUT2D eigenvalue weighted by molar-refractivity contribution is -0.274. The molecule has 0 radical (unpaired) electrons. The van der Waals surface area contributed by atoms with Crippen molar-refractivity contribution in [2.75, 3.05) is 11.4 Å². The number of ether oxygens (including phenoxy) is 1. The van der Waals surface area contributed by atoms with Crippen molar-refractivity contribution < 1.29 is 27.5 Å². The molecule has 1 aliphatic rings. The standard InChI is InChI=1S/C21H15ClF3N3O3/c1-12-18(19(22)28(26-12)15-4-2-13(11-29)3-5-15)27-9-8-14-10-16(31-21(23,24)25)6-7-17(14)20(27)30/h2-7,10-11H,8-9H2,1H3. The quantitative estimate of drug-likeness (QED) is 0.539. The number of alkyl halides is 3. The highest BCUT2D eigenvalue weighted by atomic mass is 35.5. The van der Waals surface area contributed by atoms with Crippen LogP contribution in [0.2, 0.25) is 5.15 Å². The van der Waals surface area contributed by atoms with Gasteiger partial charge in [-0.2, -0.15) is 5.10 Å². The fraction of sp³-hybridized carbons (Fsp3) is 0.190. The van der Waals surface area contributed by atoms with E-state index in [9.17, 15) is 22.8 Å². The van der Waals surface area contributed by atoms with Crippen molar-refractivity contribution in [3.05, 3.63) is 70.0 Å². The fourth-order valence-electron chi connectivity index (χ4n) is 3.54. The molecular formula is C21H15ClF3N3O3. The third kappa shape index (κ3) is 4.00. The maximum absolute atomic E-state index is 13.1. The Morgan fingerprint density at radius 2 is 1.87 bits per heavy atom. The van der Waals surface area contributed by atoms with E-state index >= 15 is 0 Å². The first-order valence-corrected chi connectivity index (χ1v) is 9.57. The molecule has 3 aromatic rings. The van der Waals surface area contributed by atoms with Gasteiger partial charge in [-0.25, -0.2) is 4.68 Å². The number of carbonyl (C=O) groups is 2. The van der Waals surface area contributed by atoms with E-state index in [2.05, 4.69) is 9.84 Å². The number of halogens is 4. The summed E-state index contributed by atoms with van der Waals surface area (Å²) in [6.07, 6.45) is -3.76. The van der Waals surface area contributed by atoms with Crippen LogP contribution in [0.3, 0.4) is 0 Å². The van der Waals surface area contributed by atoms with Crippen LogP contribution < -0.4 is 9.64 Å². The van der Waals surface area contributed by atoms with Crippen LogP contribution in [0.5, 0.6) is 5.75 Å². The fourth-order valence-corrected chi connectivity index (χ4v) is 3.91. The smallest absolute Gasteiger partial charge is 0.406 e. The van der Waals surface area contributed by atoms with Crippen molar-refractivity contribution in [3.8, 4) is 11.4 Å². The first kappa shape index (κ1) is 20.9. The van der Waals surface area contributed by atoms with Crippen LogP contribution in [0.4, 0.5) is 18.9 Å². The van der Waals surface area contributed by atoms with Crippen molar-refractivity contribution in [2.24, 2.45) is 0 Å². The average molecular weight is 450 g/mol. The molecule has 31 heavy (non-hydrogen) atoms. The second-order valence-corrected chi connectivity index (χ2v) is 7.28. The molecule has 1 amide bonds. The van der Waals surface area contributed by atoms with Gasteiger partial charge >= 0.3 is 6.36 Å². The highest BCUT2D eigenvalue weighted by molar-refractivity contribution is 6.33. The van der Waals surface area contributed by atoms with E-state index in [-0.39, 0.29) is 28.9 Å². The normalized spacial score (nSPS) is 13.8. The second kappa shape index (κ2) is 7.73. The lowest BCUT2D eigenvalue weighted by Crippen LogP contribution is -2.38. The zero-order chi connectivity index (χ0) is 22.3. The summed E-state index contributed by atoms with van der Waals surface area (Å²) in [5.74, 6) is -0.756. The van der Waals surface area contributed by atoms with Gasteiger partial charge in [0.2, 0.25) is 0 Å². The Kier molecular flexibility index (Phi) is 5.22. The topological polar surface area (TPSA) is 64.4 Å². The first-order valence-electron chi connectivity index (χ1n) is 9.19. The number of hydrogen-bond acceptors (Lipinski definition) is 4. The number of rotatable bonds is 4. The molecule has 6 nitrogen and oxygen atoms in total. The summed E-state index contributed by atoms with van der Waals surface area (Å²) in [5.41, 5.74) is 2.79.